The van der Waals surface area contributed by atoms with Crippen molar-refractivity contribution < 1.29 is 8.78 Å². The van der Waals surface area contributed by atoms with E-state index in [0.29, 0.717) is 6.54 Å². The van der Waals surface area contributed by atoms with Gasteiger partial charge < -0.3 is 0 Å². The third kappa shape index (κ3) is 2.86. The Morgan fingerprint density at radius 3 is 2.87 bits per heavy atom. The van der Waals surface area contributed by atoms with Crippen molar-refractivity contribution in [1.82, 2.24) is 5.32 Å². The second-order valence-electron chi connectivity index (χ2n) is 2.92. The van der Waals surface area contributed by atoms with Gasteiger partial charge in [-0.25, -0.2) is 8.78 Å². The predicted octanol–water partition coefficient (Wildman–Crippen LogP) is 2.31. The summed E-state index contributed by atoms with van der Waals surface area (Å²) in [6.45, 7) is 3.82. The lowest BCUT2D eigenvalue weighted by Crippen LogP contribution is -2.21. The van der Waals surface area contributed by atoms with Crippen LogP contribution in [0.3, 0.4) is 0 Å². The van der Waals surface area contributed by atoms with Gasteiger partial charge in [-0.2, -0.15) is 5.26 Å². The summed E-state index contributed by atoms with van der Waals surface area (Å²) in [6, 6.07) is 4.03. The van der Waals surface area contributed by atoms with Crippen molar-refractivity contribution in [3.8, 4) is 6.07 Å². The topological polar surface area (TPSA) is 35.8 Å². The van der Waals surface area contributed by atoms with Gasteiger partial charge in [-0.1, -0.05) is 6.08 Å². The molecule has 0 saturated carbocycles. The summed E-state index contributed by atoms with van der Waals surface area (Å²) in [5.41, 5.74) is 0.0133. The first-order chi connectivity index (χ1) is 7.19. The number of hydrogen-bond donors (Lipinski definition) is 1. The van der Waals surface area contributed by atoms with Crippen molar-refractivity contribution in [2.45, 2.75) is 6.04 Å². The van der Waals surface area contributed by atoms with Crippen LogP contribution in [0.1, 0.15) is 11.6 Å². The largest absolute Gasteiger partial charge is 0.295 e. The first-order valence-electron chi connectivity index (χ1n) is 4.38. The fourth-order valence-electron chi connectivity index (χ4n) is 1.16. The number of hydrogen-bond acceptors (Lipinski definition) is 2. The zero-order chi connectivity index (χ0) is 11.3. The number of nitrogens with zero attached hydrogens (tertiary/aromatic N) is 1. The Kier molecular flexibility index (Phi) is 3.95. The van der Waals surface area contributed by atoms with Gasteiger partial charge in [0.1, 0.15) is 17.7 Å². The maximum Gasteiger partial charge on any atom is 0.129 e. The summed E-state index contributed by atoms with van der Waals surface area (Å²) < 4.78 is 26.1. The molecule has 0 aliphatic carbocycles. The van der Waals surface area contributed by atoms with Gasteiger partial charge >= 0.3 is 0 Å². The van der Waals surface area contributed by atoms with Crippen LogP contribution in [0.4, 0.5) is 8.78 Å². The SMILES string of the molecule is C=CCNC(C#N)c1cc(F)ccc1F. The molecule has 0 saturated heterocycles. The Morgan fingerprint density at radius 1 is 1.53 bits per heavy atom. The fourth-order valence-corrected chi connectivity index (χ4v) is 1.16. The van der Waals surface area contributed by atoms with Gasteiger partial charge in [-0.3, -0.25) is 5.32 Å². The first-order valence-corrected chi connectivity index (χ1v) is 4.38. The van der Waals surface area contributed by atoms with Gasteiger partial charge in [-0.05, 0) is 18.2 Å². The molecule has 0 heterocycles. The molecule has 1 rings (SSSR count). The minimum atomic E-state index is -0.862. The quantitative estimate of drug-likeness (QED) is 0.770. The van der Waals surface area contributed by atoms with Crippen molar-refractivity contribution in [2.75, 3.05) is 6.54 Å². The molecule has 2 nitrogen and oxygen atoms in total. The number of halogens is 2. The lowest BCUT2D eigenvalue weighted by atomic mass is 10.1. The lowest BCUT2D eigenvalue weighted by molar-refractivity contribution is 0.559. The highest BCUT2D eigenvalue weighted by Gasteiger charge is 2.14. The van der Waals surface area contributed by atoms with E-state index in [0.717, 1.165) is 18.2 Å². The summed E-state index contributed by atoms with van der Waals surface area (Å²) >= 11 is 0. The van der Waals surface area contributed by atoms with E-state index < -0.39 is 17.7 Å². The molecule has 0 aromatic heterocycles. The van der Waals surface area contributed by atoms with Crippen molar-refractivity contribution >= 4 is 0 Å². The van der Waals surface area contributed by atoms with Crippen LogP contribution >= 0.6 is 0 Å². The molecule has 0 aliphatic heterocycles. The normalized spacial score (nSPS) is 11.8. The summed E-state index contributed by atoms with van der Waals surface area (Å²) in [5.74, 6) is -1.16. The Bertz CT molecular complexity index is 396. The van der Waals surface area contributed by atoms with Gasteiger partial charge in [0.15, 0.2) is 0 Å². The third-order valence-corrected chi connectivity index (χ3v) is 1.86. The van der Waals surface area contributed by atoms with E-state index in [2.05, 4.69) is 11.9 Å². The van der Waals surface area contributed by atoms with Gasteiger partial charge in [0.05, 0.1) is 6.07 Å². The van der Waals surface area contributed by atoms with Gasteiger partial charge in [0, 0.05) is 12.1 Å². The Labute approximate surface area is 86.8 Å². The molecule has 78 valence electrons. The molecule has 0 spiro atoms. The maximum atomic E-state index is 13.3. The van der Waals surface area contributed by atoms with E-state index in [-0.39, 0.29) is 5.56 Å². The molecular formula is C11H10F2N2. The maximum absolute atomic E-state index is 13.3. The van der Waals surface area contributed by atoms with Crippen LogP contribution < -0.4 is 5.32 Å². The van der Waals surface area contributed by atoms with E-state index in [1.807, 2.05) is 6.07 Å². The highest BCUT2D eigenvalue weighted by atomic mass is 19.1. The summed E-state index contributed by atoms with van der Waals surface area (Å²) in [7, 11) is 0. The molecule has 1 aromatic rings. The van der Waals surface area contributed by atoms with Crippen molar-refractivity contribution in [3.05, 3.63) is 48.1 Å². The molecule has 1 aromatic carbocycles. The van der Waals surface area contributed by atoms with Gasteiger partial charge in [0.25, 0.3) is 0 Å². The average Bonchev–Trinajstić information content (AvgIpc) is 2.24. The second kappa shape index (κ2) is 5.23. The van der Waals surface area contributed by atoms with E-state index in [4.69, 9.17) is 5.26 Å². The van der Waals surface area contributed by atoms with E-state index in [1.165, 1.54) is 0 Å². The number of nitrogens with one attached hydrogen (secondary N) is 1. The minimum absolute atomic E-state index is 0.0133. The van der Waals surface area contributed by atoms with Crippen LogP contribution in [-0.4, -0.2) is 6.54 Å². The van der Waals surface area contributed by atoms with E-state index in [1.54, 1.807) is 6.08 Å². The molecule has 0 bridgehead atoms. The lowest BCUT2D eigenvalue weighted by Gasteiger charge is -2.10. The van der Waals surface area contributed by atoms with Crippen LogP contribution in [-0.2, 0) is 0 Å². The summed E-state index contributed by atoms with van der Waals surface area (Å²) in [6.07, 6.45) is 1.54. The van der Waals surface area contributed by atoms with Crippen LogP contribution in [0.25, 0.3) is 0 Å². The van der Waals surface area contributed by atoms with Crippen LogP contribution in [0.5, 0.6) is 0 Å². The molecule has 4 heteroatoms. The Hall–Kier alpha value is -1.73. The Morgan fingerprint density at radius 2 is 2.27 bits per heavy atom. The van der Waals surface area contributed by atoms with Crippen LogP contribution in [0.2, 0.25) is 0 Å². The molecule has 1 atom stereocenters. The number of rotatable bonds is 4. The highest BCUT2D eigenvalue weighted by Crippen LogP contribution is 2.17. The predicted molar refractivity (Wildman–Crippen MR) is 52.9 cm³/mol. The van der Waals surface area contributed by atoms with Crippen molar-refractivity contribution in [3.63, 3.8) is 0 Å². The molecule has 1 unspecified atom stereocenters. The van der Waals surface area contributed by atoms with Gasteiger partial charge in [0.2, 0.25) is 0 Å². The second-order valence-corrected chi connectivity index (χ2v) is 2.92. The number of nitriles is 1. The number of benzene rings is 1. The molecule has 1 N–H and O–H groups in total. The average molecular weight is 208 g/mol. The zero-order valence-electron chi connectivity index (χ0n) is 8.00. The van der Waals surface area contributed by atoms with E-state index in [9.17, 15) is 8.78 Å². The van der Waals surface area contributed by atoms with E-state index >= 15 is 0 Å². The van der Waals surface area contributed by atoms with Crippen LogP contribution in [0.15, 0.2) is 30.9 Å². The Balaban J connectivity index is 2.96. The minimum Gasteiger partial charge on any atom is -0.295 e. The van der Waals surface area contributed by atoms with Crippen LogP contribution in [0, 0.1) is 23.0 Å². The molecule has 0 aliphatic rings. The monoisotopic (exact) mass is 208 g/mol. The van der Waals surface area contributed by atoms with Crippen molar-refractivity contribution in [2.24, 2.45) is 0 Å². The molecular weight excluding hydrogens is 198 g/mol. The standard InChI is InChI=1S/C11H10F2N2/c1-2-5-15-11(7-14)9-6-8(12)3-4-10(9)13/h2-4,6,11,15H,1,5H2. The fraction of sp³-hybridized carbons (Fsp3) is 0.182. The summed E-state index contributed by atoms with van der Waals surface area (Å²) in [5, 5.41) is 11.5. The van der Waals surface area contributed by atoms with Gasteiger partial charge in [-0.15, -0.1) is 6.58 Å². The molecule has 0 fully saturated rings. The first kappa shape index (κ1) is 11.3. The summed E-state index contributed by atoms with van der Waals surface area (Å²) in [4.78, 5) is 0. The third-order valence-electron chi connectivity index (χ3n) is 1.86. The highest BCUT2D eigenvalue weighted by molar-refractivity contribution is 5.26. The van der Waals surface area contributed by atoms with Crippen molar-refractivity contribution in [1.29, 1.82) is 5.26 Å². The molecule has 0 radical (unpaired) electrons. The molecule has 0 amide bonds. The molecule has 15 heavy (non-hydrogen) atoms. The smallest absolute Gasteiger partial charge is 0.129 e. The zero-order valence-corrected chi connectivity index (χ0v) is 8.00.